The van der Waals surface area contributed by atoms with Gasteiger partial charge in [-0.05, 0) is 31.4 Å². The second-order valence-electron chi connectivity index (χ2n) is 5.55. The highest BCUT2D eigenvalue weighted by Crippen LogP contribution is 2.22. The Kier molecular flexibility index (Phi) is 9.14. The van der Waals surface area contributed by atoms with E-state index in [-0.39, 0.29) is 6.61 Å². The van der Waals surface area contributed by atoms with E-state index in [2.05, 4.69) is 26.0 Å². The van der Waals surface area contributed by atoms with Crippen LogP contribution in [-0.4, -0.2) is 18.3 Å². The minimum atomic E-state index is 0.0742. The molecule has 2 nitrogen and oxygen atoms in total. The van der Waals surface area contributed by atoms with E-state index in [0.29, 0.717) is 6.61 Å². The normalized spacial score (nSPS) is 10.8. The van der Waals surface area contributed by atoms with Gasteiger partial charge in [0.1, 0.15) is 12.4 Å². The fourth-order valence-electron chi connectivity index (χ4n) is 2.47. The van der Waals surface area contributed by atoms with Crippen molar-refractivity contribution in [3.8, 4) is 5.75 Å². The lowest BCUT2D eigenvalue weighted by atomic mass is 10.0. The Morgan fingerprint density at radius 2 is 1.70 bits per heavy atom. The van der Waals surface area contributed by atoms with Crippen LogP contribution in [0.25, 0.3) is 0 Å². The first kappa shape index (κ1) is 17.0. The van der Waals surface area contributed by atoms with Gasteiger partial charge in [-0.15, -0.1) is 0 Å². The molecular weight excluding hydrogens is 248 g/mol. The lowest BCUT2D eigenvalue weighted by Crippen LogP contribution is -2.04. The zero-order valence-corrected chi connectivity index (χ0v) is 13.2. The van der Waals surface area contributed by atoms with Crippen LogP contribution in [0.1, 0.15) is 63.0 Å². The molecule has 1 aromatic rings. The predicted molar refractivity (Wildman–Crippen MR) is 85.5 cm³/mol. The summed E-state index contributed by atoms with van der Waals surface area (Å²) in [5.41, 5.74) is 2.56. The lowest BCUT2D eigenvalue weighted by molar-refractivity contribution is 0.200. The van der Waals surface area contributed by atoms with E-state index in [0.717, 1.165) is 12.2 Å². The number of aliphatic hydroxyl groups excluding tert-OH is 1. The van der Waals surface area contributed by atoms with Crippen molar-refractivity contribution >= 4 is 0 Å². The average Bonchev–Trinajstić information content (AvgIpc) is 2.45. The lowest BCUT2D eigenvalue weighted by Gasteiger charge is -2.11. The molecule has 0 radical (unpaired) electrons. The van der Waals surface area contributed by atoms with Crippen LogP contribution in [0, 0.1) is 6.92 Å². The molecule has 0 aliphatic carbocycles. The van der Waals surface area contributed by atoms with Gasteiger partial charge in [-0.3, -0.25) is 0 Å². The molecule has 1 N–H and O–H groups in total. The Morgan fingerprint density at radius 1 is 1.00 bits per heavy atom. The zero-order chi connectivity index (χ0) is 14.6. The van der Waals surface area contributed by atoms with Gasteiger partial charge in [0.25, 0.3) is 0 Å². The number of hydrogen-bond acceptors (Lipinski definition) is 2. The summed E-state index contributed by atoms with van der Waals surface area (Å²) in [6, 6.07) is 6.31. The van der Waals surface area contributed by atoms with Crippen LogP contribution in [0.4, 0.5) is 0 Å². The first-order valence-corrected chi connectivity index (χ1v) is 8.11. The summed E-state index contributed by atoms with van der Waals surface area (Å²) in [5, 5.41) is 8.86. The molecule has 114 valence electrons. The number of aryl methyl sites for hydroxylation is 2. The highest BCUT2D eigenvalue weighted by molar-refractivity contribution is 5.37. The molecule has 1 aromatic carbocycles. The third-order valence-electron chi connectivity index (χ3n) is 3.61. The summed E-state index contributed by atoms with van der Waals surface area (Å²) in [4.78, 5) is 0. The van der Waals surface area contributed by atoms with Crippen LogP contribution in [0.5, 0.6) is 5.75 Å². The fourth-order valence-corrected chi connectivity index (χ4v) is 2.47. The quantitative estimate of drug-likeness (QED) is 0.597. The Hall–Kier alpha value is -1.02. The van der Waals surface area contributed by atoms with Gasteiger partial charge in [-0.2, -0.15) is 0 Å². The van der Waals surface area contributed by atoms with E-state index in [1.165, 1.54) is 56.1 Å². The number of aliphatic hydroxyl groups is 1. The molecule has 20 heavy (non-hydrogen) atoms. The van der Waals surface area contributed by atoms with E-state index in [1.807, 2.05) is 6.07 Å². The third kappa shape index (κ3) is 6.95. The number of unbranched alkanes of at least 4 members (excludes halogenated alkanes) is 6. The van der Waals surface area contributed by atoms with Crippen molar-refractivity contribution in [3.05, 3.63) is 29.3 Å². The molecule has 1 rings (SSSR count). The smallest absolute Gasteiger partial charge is 0.122 e. The Balaban J connectivity index is 2.32. The molecule has 0 amide bonds. The van der Waals surface area contributed by atoms with Gasteiger partial charge < -0.3 is 9.84 Å². The molecule has 0 spiro atoms. The van der Waals surface area contributed by atoms with Gasteiger partial charge in [0.05, 0.1) is 6.61 Å². The maximum Gasteiger partial charge on any atom is 0.122 e. The maximum atomic E-state index is 8.86. The molecule has 0 fully saturated rings. The van der Waals surface area contributed by atoms with Crippen molar-refractivity contribution in [2.75, 3.05) is 13.2 Å². The third-order valence-corrected chi connectivity index (χ3v) is 3.61. The molecule has 0 heterocycles. The number of hydrogen-bond donors (Lipinski definition) is 1. The van der Waals surface area contributed by atoms with Gasteiger partial charge in [0, 0.05) is 0 Å². The number of rotatable bonds is 11. The van der Waals surface area contributed by atoms with Crippen LogP contribution in [0.2, 0.25) is 0 Å². The monoisotopic (exact) mass is 278 g/mol. The first-order valence-electron chi connectivity index (χ1n) is 8.11. The van der Waals surface area contributed by atoms with Gasteiger partial charge in [0.15, 0.2) is 0 Å². The van der Waals surface area contributed by atoms with E-state index in [4.69, 9.17) is 9.84 Å². The van der Waals surface area contributed by atoms with Crippen LogP contribution in [-0.2, 0) is 6.42 Å². The molecule has 0 bridgehead atoms. The largest absolute Gasteiger partial charge is 0.491 e. The van der Waals surface area contributed by atoms with E-state index < -0.39 is 0 Å². The van der Waals surface area contributed by atoms with Crippen LogP contribution >= 0.6 is 0 Å². The predicted octanol–water partition coefficient (Wildman–Crippen LogP) is 4.66. The van der Waals surface area contributed by atoms with Gasteiger partial charge in [-0.25, -0.2) is 0 Å². The van der Waals surface area contributed by atoms with Crippen LogP contribution in [0.3, 0.4) is 0 Å². The second-order valence-corrected chi connectivity index (χ2v) is 5.55. The maximum absolute atomic E-state index is 8.86. The van der Waals surface area contributed by atoms with E-state index >= 15 is 0 Å². The molecule has 0 aliphatic heterocycles. The average molecular weight is 278 g/mol. The minimum Gasteiger partial charge on any atom is -0.491 e. The van der Waals surface area contributed by atoms with E-state index in [9.17, 15) is 0 Å². The molecule has 0 saturated heterocycles. The fraction of sp³-hybridized carbons (Fsp3) is 0.667. The van der Waals surface area contributed by atoms with E-state index in [1.54, 1.807) is 0 Å². The summed E-state index contributed by atoms with van der Waals surface area (Å²) < 4.78 is 5.60. The first-order chi connectivity index (χ1) is 9.77. The minimum absolute atomic E-state index is 0.0742. The summed E-state index contributed by atoms with van der Waals surface area (Å²) >= 11 is 0. The highest BCUT2D eigenvalue weighted by atomic mass is 16.5. The second kappa shape index (κ2) is 10.7. The van der Waals surface area contributed by atoms with Crippen molar-refractivity contribution in [1.29, 1.82) is 0 Å². The molecule has 0 atom stereocenters. The summed E-state index contributed by atoms with van der Waals surface area (Å²) in [7, 11) is 0. The Morgan fingerprint density at radius 3 is 2.40 bits per heavy atom. The molecule has 0 aliphatic rings. The van der Waals surface area contributed by atoms with Crippen molar-refractivity contribution in [2.45, 2.75) is 65.2 Å². The van der Waals surface area contributed by atoms with Gasteiger partial charge >= 0.3 is 0 Å². The van der Waals surface area contributed by atoms with Crippen molar-refractivity contribution in [2.24, 2.45) is 0 Å². The molecule has 2 heteroatoms. The van der Waals surface area contributed by atoms with Gasteiger partial charge in [0.2, 0.25) is 0 Å². The number of benzene rings is 1. The van der Waals surface area contributed by atoms with Crippen molar-refractivity contribution < 1.29 is 9.84 Å². The van der Waals surface area contributed by atoms with Crippen LogP contribution < -0.4 is 4.74 Å². The number of ether oxygens (including phenoxy) is 1. The van der Waals surface area contributed by atoms with Crippen molar-refractivity contribution in [1.82, 2.24) is 0 Å². The summed E-state index contributed by atoms with van der Waals surface area (Å²) in [6.45, 7) is 4.83. The molecular formula is C18H30O2. The topological polar surface area (TPSA) is 29.5 Å². The highest BCUT2D eigenvalue weighted by Gasteiger charge is 2.04. The summed E-state index contributed by atoms with van der Waals surface area (Å²) in [6.07, 6.45) is 10.4. The molecule has 0 saturated carbocycles. The summed E-state index contributed by atoms with van der Waals surface area (Å²) in [5.74, 6) is 0.940. The van der Waals surface area contributed by atoms with Crippen molar-refractivity contribution in [3.63, 3.8) is 0 Å². The molecule has 0 aromatic heterocycles. The zero-order valence-electron chi connectivity index (χ0n) is 13.2. The standard InChI is InChI=1S/C18H30O2/c1-3-4-5-6-7-8-9-10-17-15-16(2)11-12-18(17)20-14-13-19/h11-12,15,19H,3-10,13-14H2,1-2H3. The SMILES string of the molecule is CCCCCCCCCc1cc(C)ccc1OCCO. The van der Waals surface area contributed by atoms with Gasteiger partial charge in [-0.1, -0.05) is 63.1 Å². The Labute approximate surface area is 124 Å². The Bertz CT molecular complexity index is 360. The molecule has 0 unspecified atom stereocenters. The van der Waals surface area contributed by atoms with Crippen LogP contribution in [0.15, 0.2) is 18.2 Å².